The average Bonchev–Trinajstić information content (AvgIpc) is 2.46. The predicted molar refractivity (Wildman–Crippen MR) is 87.6 cm³/mol. The molecule has 2 aromatic carbocycles. The van der Waals surface area contributed by atoms with Crippen molar-refractivity contribution in [3.8, 4) is 5.75 Å². The van der Waals surface area contributed by atoms with Crippen LogP contribution < -0.4 is 9.46 Å². The standard InChI is InChI=1S/C17H20FNO3S/c1-11-9-16(22-4)10-12(2)17(11)23(20,21)19-13(3)14-5-7-15(18)8-6-14/h5-10,13,19H,1-4H3/t13-/m1/s1. The van der Waals surface area contributed by atoms with Crippen molar-refractivity contribution in [2.24, 2.45) is 0 Å². The van der Waals surface area contributed by atoms with Gasteiger partial charge in [0.1, 0.15) is 11.6 Å². The molecule has 6 heteroatoms. The molecule has 0 fully saturated rings. The molecule has 4 nitrogen and oxygen atoms in total. The largest absolute Gasteiger partial charge is 0.497 e. The highest BCUT2D eigenvalue weighted by atomic mass is 32.2. The Labute approximate surface area is 136 Å². The zero-order valence-electron chi connectivity index (χ0n) is 13.6. The summed E-state index contributed by atoms with van der Waals surface area (Å²) in [5.74, 6) is 0.260. The molecule has 1 N–H and O–H groups in total. The van der Waals surface area contributed by atoms with Gasteiger partial charge in [-0.3, -0.25) is 0 Å². The van der Waals surface area contributed by atoms with E-state index in [1.807, 2.05) is 0 Å². The van der Waals surface area contributed by atoms with Crippen LogP contribution >= 0.6 is 0 Å². The number of halogens is 1. The summed E-state index contributed by atoms with van der Waals surface area (Å²) in [6, 6.07) is 8.65. The fraction of sp³-hybridized carbons (Fsp3) is 0.294. The van der Waals surface area contributed by atoms with Crippen molar-refractivity contribution in [2.75, 3.05) is 7.11 Å². The van der Waals surface area contributed by atoms with E-state index in [9.17, 15) is 12.8 Å². The van der Waals surface area contributed by atoms with Gasteiger partial charge in [0.15, 0.2) is 0 Å². The average molecular weight is 337 g/mol. The molecule has 0 unspecified atom stereocenters. The van der Waals surface area contributed by atoms with Gasteiger partial charge in [-0.05, 0) is 61.7 Å². The van der Waals surface area contributed by atoms with Crippen LogP contribution in [-0.4, -0.2) is 15.5 Å². The Balaban J connectivity index is 2.34. The second-order valence-electron chi connectivity index (χ2n) is 5.48. The van der Waals surface area contributed by atoms with E-state index in [4.69, 9.17) is 4.74 Å². The first-order valence-corrected chi connectivity index (χ1v) is 8.66. The van der Waals surface area contributed by atoms with E-state index in [2.05, 4.69) is 4.72 Å². The highest BCUT2D eigenvalue weighted by Gasteiger charge is 2.23. The van der Waals surface area contributed by atoms with Gasteiger partial charge in [0.25, 0.3) is 0 Å². The third-order valence-electron chi connectivity index (χ3n) is 3.64. The van der Waals surface area contributed by atoms with Crippen LogP contribution in [0.25, 0.3) is 0 Å². The molecule has 0 aliphatic rings. The third-order valence-corrected chi connectivity index (χ3v) is 5.49. The van der Waals surface area contributed by atoms with E-state index in [0.717, 1.165) is 0 Å². The Hall–Kier alpha value is -1.92. The summed E-state index contributed by atoms with van der Waals surface area (Å²) in [4.78, 5) is 0.243. The summed E-state index contributed by atoms with van der Waals surface area (Å²) >= 11 is 0. The molecule has 0 spiro atoms. The first-order valence-electron chi connectivity index (χ1n) is 7.17. The van der Waals surface area contributed by atoms with Crippen molar-refractivity contribution in [1.29, 1.82) is 0 Å². The van der Waals surface area contributed by atoms with Crippen molar-refractivity contribution in [3.05, 3.63) is 58.9 Å². The molecule has 0 aromatic heterocycles. The number of sulfonamides is 1. The molecule has 2 aromatic rings. The van der Waals surface area contributed by atoms with E-state index in [1.165, 1.54) is 19.2 Å². The monoisotopic (exact) mass is 337 g/mol. The highest BCUT2D eigenvalue weighted by Crippen LogP contribution is 2.27. The van der Waals surface area contributed by atoms with E-state index in [-0.39, 0.29) is 10.7 Å². The first-order chi connectivity index (χ1) is 10.7. The Kier molecular flexibility index (Phi) is 5.06. The Morgan fingerprint density at radius 1 is 1.09 bits per heavy atom. The van der Waals surface area contributed by atoms with E-state index in [1.54, 1.807) is 45.0 Å². The third kappa shape index (κ3) is 3.89. The number of aryl methyl sites for hydroxylation is 2. The van der Waals surface area contributed by atoms with Crippen molar-refractivity contribution < 1.29 is 17.5 Å². The zero-order valence-corrected chi connectivity index (χ0v) is 14.4. The smallest absolute Gasteiger partial charge is 0.241 e. The van der Waals surface area contributed by atoms with Crippen molar-refractivity contribution >= 4 is 10.0 Å². The molecule has 0 aliphatic heterocycles. The number of ether oxygens (including phenoxy) is 1. The Morgan fingerprint density at radius 3 is 2.09 bits per heavy atom. The molecule has 23 heavy (non-hydrogen) atoms. The van der Waals surface area contributed by atoms with E-state index >= 15 is 0 Å². The van der Waals surface area contributed by atoms with Gasteiger partial charge in [0, 0.05) is 6.04 Å². The van der Waals surface area contributed by atoms with Crippen LogP contribution in [0.4, 0.5) is 4.39 Å². The quantitative estimate of drug-likeness (QED) is 0.908. The summed E-state index contributed by atoms with van der Waals surface area (Å²) in [6.45, 7) is 5.18. The summed E-state index contributed by atoms with van der Waals surface area (Å²) in [5.41, 5.74) is 1.92. The lowest BCUT2D eigenvalue weighted by Gasteiger charge is -2.18. The van der Waals surface area contributed by atoms with Crippen molar-refractivity contribution in [2.45, 2.75) is 31.7 Å². The van der Waals surface area contributed by atoms with Crippen LogP contribution in [0.15, 0.2) is 41.3 Å². The lowest BCUT2D eigenvalue weighted by atomic mass is 10.1. The zero-order chi connectivity index (χ0) is 17.2. The predicted octanol–water partition coefficient (Wildman–Crippen LogP) is 3.49. The van der Waals surface area contributed by atoms with Crippen molar-refractivity contribution in [3.63, 3.8) is 0 Å². The molecule has 0 bridgehead atoms. The van der Waals surface area contributed by atoms with Crippen molar-refractivity contribution in [1.82, 2.24) is 4.72 Å². The van der Waals surface area contributed by atoms with Crippen LogP contribution in [0, 0.1) is 19.7 Å². The maximum Gasteiger partial charge on any atom is 0.241 e. The molecule has 0 amide bonds. The summed E-state index contributed by atoms with van der Waals surface area (Å²) in [7, 11) is -2.16. The fourth-order valence-electron chi connectivity index (χ4n) is 2.56. The fourth-order valence-corrected chi connectivity index (χ4v) is 4.25. The molecular formula is C17H20FNO3S. The number of benzene rings is 2. The molecule has 124 valence electrons. The second-order valence-corrected chi connectivity index (χ2v) is 7.14. The van der Waals surface area contributed by atoms with Gasteiger partial charge >= 0.3 is 0 Å². The van der Waals surface area contributed by atoms with Gasteiger partial charge < -0.3 is 4.74 Å². The molecule has 0 saturated heterocycles. The summed E-state index contributed by atoms with van der Waals surface area (Å²) < 4.78 is 46.2. The second kappa shape index (κ2) is 6.68. The van der Waals surface area contributed by atoms with Crippen LogP contribution in [-0.2, 0) is 10.0 Å². The number of hydrogen-bond acceptors (Lipinski definition) is 3. The molecule has 0 heterocycles. The molecule has 1 atom stereocenters. The Morgan fingerprint density at radius 2 is 1.61 bits per heavy atom. The van der Waals surface area contributed by atoms with Crippen LogP contribution in [0.5, 0.6) is 5.75 Å². The van der Waals surface area contributed by atoms with Crippen LogP contribution in [0.2, 0.25) is 0 Å². The van der Waals surface area contributed by atoms with Gasteiger partial charge in [-0.1, -0.05) is 12.1 Å². The molecular weight excluding hydrogens is 317 g/mol. The maximum absolute atomic E-state index is 13.0. The lowest BCUT2D eigenvalue weighted by molar-refractivity contribution is 0.413. The van der Waals surface area contributed by atoms with Gasteiger partial charge in [-0.25, -0.2) is 17.5 Å². The van der Waals surface area contributed by atoms with Crippen LogP contribution in [0.1, 0.15) is 29.7 Å². The number of nitrogens with one attached hydrogen (secondary N) is 1. The first kappa shape index (κ1) is 17.4. The van der Waals surface area contributed by atoms with E-state index in [0.29, 0.717) is 22.4 Å². The minimum Gasteiger partial charge on any atom is -0.497 e. The molecule has 0 saturated carbocycles. The van der Waals surface area contributed by atoms with Gasteiger partial charge in [-0.15, -0.1) is 0 Å². The number of methoxy groups -OCH3 is 1. The minimum absolute atomic E-state index is 0.243. The Bertz CT molecular complexity index is 778. The van der Waals surface area contributed by atoms with Gasteiger partial charge in [0.05, 0.1) is 12.0 Å². The topological polar surface area (TPSA) is 55.4 Å². The normalized spacial score (nSPS) is 12.9. The molecule has 0 aliphatic carbocycles. The van der Waals surface area contributed by atoms with Gasteiger partial charge in [-0.2, -0.15) is 0 Å². The molecule has 2 rings (SSSR count). The minimum atomic E-state index is -3.70. The van der Waals surface area contributed by atoms with E-state index < -0.39 is 16.1 Å². The summed E-state index contributed by atoms with van der Waals surface area (Å²) in [5, 5.41) is 0. The van der Waals surface area contributed by atoms with Gasteiger partial charge in [0.2, 0.25) is 10.0 Å². The SMILES string of the molecule is COc1cc(C)c(S(=O)(=O)N[C@H](C)c2ccc(F)cc2)c(C)c1. The lowest BCUT2D eigenvalue weighted by Crippen LogP contribution is -2.28. The number of hydrogen-bond donors (Lipinski definition) is 1. The van der Waals surface area contributed by atoms with Crippen LogP contribution in [0.3, 0.4) is 0 Å². The summed E-state index contributed by atoms with van der Waals surface area (Å²) in [6.07, 6.45) is 0. The maximum atomic E-state index is 13.0. The highest BCUT2D eigenvalue weighted by molar-refractivity contribution is 7.89. The number of rotatable bonds is 5. The molecule has 0 radical (unpaired) electrons.